The van der Waals surface area contributed by atoms with Crippen LogP contribution in [-0.2, 0) is 0 Å². The van der Waals surface area contributed by atoms with Crippen molar-refractivity contribution in [3.63, 3.8) is 0 Å². The molecule has 1 aromatic rings. The van der Waals surface area contributed by atoms with Crippen LogP contribution in [0, 0.1) is 10.1 Å². The minimum atomic E-state index is -0.455. The van der Waals surface area contributed by atoms with Crippen LogP contribution in [0.5, 0.6) is 0 Å². The average Bonchev–Trinajstić information content (AvgIpc) is 2.90. The topological polar surface area (TPSA) is 80.1 Å². The zero-order chi connectivity index (χ0) is 14.8. The van der Waals surface area contributed by atoms with Gasteiger partial charge < -0.3 is 5.43 Å². The Balaban J connectivity index is 2.51. The molecule has 1 unspecified atom stereocenters. The summed E-state index contributed by atoms with van der Waals surface area (Å²) in [6.07, 6.45) is 8.64. The molecule has 1 atom stereocenters. The molecule has 1 heterocycles. The number of aromatic nitrogens is 1. The van der Waals surface area contributed by atoms with Gasteiger partial charge in [0.05, 0.1) is 10.4 Å². The van der Waals surface area contributed by atoms with Crippen LogP contribution < -0.4 is 10.9 Å². The molecule has 6 nitrogen and oxygen atoms in total. The van der Waals surface area contributed by atoms with Gasteiger partial charge in [-0.2, -0.15) is 0 Å². The smallest absolute Gasteiger partial charge is 0.230 e. The average molecular weight is 294 g/mol. The summed E-state index contributed by atoms with van der Waals surface area (Å²) in [6, 6.07) is 0. The molecule has 0 amide bonds. The van der Waals surface area contributed by atoms with Gasteiger partial charge in [-0.25, -0.2) is 5.43 Å². The number of nitro groups is 1. The molecule has 0 aliphatic heterocycles. The summed E-state index contributed by atoms with van der Waals surface area (Å²) in [6.45, 7) is 6.35. The van der Waals surface area contributed by atoms with E-state index in [1.807, 2.05) is 19.1 Å². The molecule has 1 rings (SSSR count). The molecular weight excluding hydrogens is 276 g/mol. The summed E-state index contributed by atoms with van der Waals surface area (Å²) in [4.78, 5) is 15.0. The van der Waals surface area contributed by atoms with Crippen molar-refractivity contribution in [2.75, 3.05) is 6.54 Å². The number of allylic oxidation sites excluding steroid dienone is 3. The molecular formula is C13H18N4O2S. The highest BCUT2D eigenvalue weighted by atomic mass is 32.1. The molecule has 0 bridgehead atoms. The Morgan fingerprint density at radius 1 is 1.70 bits per heavy atom. The minimum Gasteiger partial charge on any atom is -0.322 e. The summed E-state index contributed by atoms with van der Waals surface area (Å²) >= 11 is 1.54. The molecule has 0 saturated carbocycles. The summed E-state index contributed by atoms with van der Waals surface area (Å²) in [7, 11) is 0. The third kappa shape index (κ3) is 6.26. The van der Waals surface area contributed by atoms with E-state index in [0.29, 0.717) is 13.0 Å². The van der Waals surface area contributed by atoms with Crippen molar-refractivity contribution in [2.24, 2.45) is 0 Å². The number of nitrogens with one attached hydrogen (secondary N) is 2. The van der Waals surface area contributed by atoms with E-state index < -0.39 is 4.92 Å². The number of hydrazine groups is 1. The van der Waals surface area contributed by atoms with E-state index >= 15 is 0 Å². The van der Waals surface area contributed by atoms with E-state index in [2.05, 4.69) is 22.4 Å². The van der Waals surface area contributed by atoms with Crippen LogP contribution in [0.25, 0.3) is 0 Å². The second kappa shape index (κ2) is 9.00. The van der Waals surface area contributed by atoms with Crippen molar-refractivity contribution in [1.82, 2.24) is 15.8 Å². The minimum absolute atomic E-state index is 0.129. The lowest BCUT2D eigenvalue weighted by atomic mass is 10.0. The monoisotopic (exact) mass is 294 g/mol. The van der Waals surface area contributed by atoms with Crippen molar-refractivity contribution in [3.05, 3.63) is 63.4 Å². The number of thiazole rings is 1. The van der Waals surface area contributed by atoms with Crippen LogP contribution in [0.15, 0.2) is 48.4 Å². The molecule has 0 radical (unpaired) electrons. The van der Waals surface area contributed by atoms with Gasteiger partial charge in [0, 0.05) is 29.2 Å². The Kier molecular flexibility index (Phi) is 7.23. The quantitative estimate of drug-likeness (QED) is 0.416. The Morgan fingerprint density at radius 2 is 2.50 bits per heavy atom. The van der Waals surface area contributed by atoms with Crippen molar-refractivity contribution in [2.45, 2.75) is 19.3 Å². The van der Waals surface area contributed by atoms with Gasteiger partial charge in [-0.3, -0.25) is 15.1 Å². The molecule has 0 aliphatic carbocycles. The zero-order valence-corrected chi connectivity index (χ0v) is 12.1. The standard InChI is InChI=1S/C13H18N4O2S/c1-3-5-11(2)16-15-8-12(6-4-7-17(18)19)13-9-14-10-20-13/h3-5,7,9-10,12,15-16H,2,6,8H2,1H3/b5-3-,7-4+. The first-order chi connectivity index (χ1) is 9.63. The lowest BCUT2D eigenvalue weighted by molar-refractivity contribution is -0.402. The molecule has 2 N–H and O–H groups in total. The maximum Gasteiger partial charge on any atom is 0.230 e. The fraction of sp³-hybridized carbons (Fsp3) is 0.308. The van der Waals surface area contributed by atoms with Crippen molar-refractivity contribution in [1.29, 1.82) is 0 Å². The predicted octanol–water partition coefficient (Wildman–Crippen LogP) is 2.59. The molecule has 0 fully saturated rings. The first-order valence-electron chi connectivity index (χ1n) is 6.12. The third-order valence-electron chi connectivity index (χ3n) is 2.47. The van der Waals surface area contributed by atoms with Crippen LogP contribution in [0.3, 0.4) is 0 Å². The molecule has 20 heavy (non-hydrogen) atoms. The number of nitrogens with zero attached hydrogens (tertiary/aromatic N) is 2. The van der Waals surface area contributed by atoms with Crippen LogP contribution in [0.4, 0.5) is 0 Å². The van der Waals surface area contributed by atoms with E-state index in [9.17, 15) is 10.1 Å². The van der Waals surface area contributed by atoms with Gasteiger partial charge in [0.15, 0.2) is 0 Å². The largest absolute Gasteiger partial charge is 0.322 e. The molecule has 0 saturated heterocycles. The summed E-state index contributed by atoms with van der Waals surface area (Å²) in [5, 5.41) is 10.3. The highest BCUT2D eigenvalue weighted by molar-refractivity contribution is 7.09. The van der Waals surface area contributed by atoms with E-state index in [0.717, 1.165) is 16.8 Å². The zero-order valence-electron chi connectivity index (χ0n) is 11.3. The van der Waals surface area contributed by atoms with Gasteiger partial charge in [0.2, 0.25) is 6.20 Å². The Bertz CT molecular complexity index is 483. The van der Waals surface area contributed by atoms with Gasteiger partial charge in [-0.1, -0.05) is 12.7 Å². The summed E-state index contributed by atoms with van der Waals surface area (Å²) < 4.78 is 0. The van der Waals surface area contributed by atoms with Gasteiger partial charge in [0.25, 0.3) is 0 Å². The van der Waals surface area contributed by atoms with E-state index in [1.165, 1.54) is 11.3 Å². The third-order valence-corrected chi connectivity index (χ3v) is 3.40. The van der Waals surface area contributed by atoms with Crippen LogP contribution >= 0.6 is 11.3 Å². The van der Waals surface area contributed by atoms with Gasteiger partial charge in [-0.05, 0) is 25.5 Å². The normalized spacial score (nSPS) is 12.8. The highest BCUT2D eigenvalue weighted by Gasteiger charge is 2.12. The first kappa shape index (κ1) is 16.1. The first-order valence-corrected chi connectivity index (χ1v) is 7.00. The van der Waals surface area contributed by atoms with Crippen LogP contribution in [0.1, 0.15) is 24.1 Å². The lowest BCUT2D eigenvalue weighted by Gasteiger charge is -2.15. The number of rotatable bonds is 9. The summed E-state index contributed by atoms with van der Waals surface area (Å²) in [5.74, 6) is 0.129. The van der Waals surface area contributed by atoms with E-state index in [4.69, 9.17) is 0 Å². The van der Waals surface area contributed by atoms with Crippen LogP contribution in [-0.4, -0.2) is 16.5 Å². The predicted molar refractivity (Wildman–Crippen MR) is 80.7 cm³/mol. The second-order valence-electron chi connectivity index (χ2n) is 4.04. The Labute approximate surface area is 122 Å². The van der Waals surface area contributed by atoms with Gasteiger partial charge in [-0.15, -0.1) is 11.3 Å². The summed E-state index contributed by atoms with van der Waals surface area (Å²) in [5.41, 5.74) is 8.56. The maximum absolute atomic E-state index is 10.3. The Hall–Kier alpha value is -1.99. The van der Waals surface area contributed by atoms with Gasteiger partial charge in [0.1, 0.15) is 0 Å². The molecule has 0 aliphatic rings. The van der Waals surface area contributed by atoms with Crippen molar-refractivity contribution >= 4 is 11.3 Å². The fourth-order valence-electron chi connectivity index (χ4n) is 1.57. The van der Waals surface area contributed by atoms with Crippen LogP contribution in [0.2, 0.25) is 0 Å². The van der Waals surface area contributed by atoms with Crippen molar-refractivity contribution < 1.29 is 4.92 Å². The molecule has 7 heteroatoms. The molecule has 0 spiro atoms. The lowest BCUT2D eigenvalue weighted by Crippen LogP contribution is -2.33. The number of hydrogen-bond donors (Lipinski definition) is 2. The van der Waals surface area contributed by atoms with Gasteiger partial charge >= 0.3 is 0 Å². The SMILES string of the molecule is C=C(/C=C\C)NNCC(C/C=C/[N+](=O)[O-])c1cncs1. The highest BCUT2D eigenvalue weighted by Crippen LogP contribution is 2.22. The maximum atomic E-state index is 10.3. The Morgan fingerprint density at radius 3 is 3.10 bits per heavy atom. The fourth-order valence-corrected chi connectivity index (χ4v) is 2.31. The van der Waals surface area contributed by atoms with E-state index in [1.54, 1.807) is 17.8 Å². The molecule has 1 aromatic heterocycles. The molecule has 0 aromatic carbocycles. The van der Waals surface area contributed by atoms with Crippen molar-refractivity contribution in [3.8, 4) is 0 Å². The second-order valence-corrected chi connectivity index (χ2v) is 4.96. The van der Waals surface area contributed by atoms with E-state index in [-0.39, 0.29) is 5.92 Å². The number of hydrogen-bond acceptors (Lipinski definition) is 6. The molecule has 108 valence electrons.